The Labute approximate surface area is 149 Å². The number of H-pyrrole nitrogens is 1. The number of fused-ring (bicyclic) bond motifs is 1. The highest BCUT2D eigenvalue weighted by molar-refractivity contribution is 5.84. The SMILES string of the molecule is CC(CNC(=O)C1c2cn[nH]c2CCC1C)COCc1ccccc1. The first-order valence-corrected chi connectivity index (χ1v) is 9.06. The van der Waals surface area contributed by atoms with E-state index in [4.69, 9.17) is 4.74 Å². The second kappa shape index (κ2) is 8.30. The van der Waals surface area contributed by atoms with E-state index in [-0.39, 0.29) is 17.7 Å². The zero-order chi connectivity index (χ0) is 17.6. The van der Waals surface area contributed by atoms with Crippen LogP contribution in [0.1, 0.15) is 43.0 Å². The molecule has 1 aromatic heterocycles. The van der Waals surface area contributed by atoms with Gasteiger partial charge >= 0.3 is 0 Å². The van der Waals surface area contributed by atoms with Crippen LogP contribution in [-0.2, 0) is 22.6 Å². The molecule has 1 heterocycles. The van der Waals surface area contributed by atoms with Crippen LogP contribution in [0.25, 0.3) is 0 Å². The second-order valence-corrected chi connectivity index (χ2v) is 7.15. The van der Waals surface area contributed by atoms with Crippen LogP contribution >= 0.6 is 0 Å². The van der Waals surface area contributed by atoms with Crippen molar-refractivity contribution in [1.82, 2.24) is 15.5 Å². The molecule has 134 valence electrons. The topological polar surface area (TPSA) is 67.0 Å². The van der Waals surface area contributed by atoms with Crippen LogP contribution in [0.4, 0.5) is 0 Å². The lowest BCUT2D eigenvalue weighted by Gasteiger charge is -2.28. The van der Waals surface area contributed by atoms with Crippen LogP contribution in [0, 0.1) is 11.8 Å². The number of carbonyl (C=O) groups is 1. The smallest absolute Gasteiger partial charge is 0.227 e. The van der Waals surface area contributed by atoms with Gasteiger partial charge in [0.25, 0.3) is 0 Å². The van der Waals surface area contributed by atoms with E-state index in [0.717, 1.165) is 24.1 Å². The number of aromatic amines is 1. The quantitative estimate of drug-likeness (QED) is 0.813. The number of ether oxygens (including phenoxy) is 1. The molecule has 1 aliphatic carbocycles. The molecule has 1 aromatic carbocycles. The number of aryl methyl sites for hydroxylation is 1. The maximum absolute atomic E-state index is 12.7. The molecule has 0 aliphatic heterocycles. The highest BCUT2D eigenvalue weighted by Gasteiger charge is 2.33. The van der Waals surface area contributed by atoms with Crippen molar-refractivity contribution in [2.24, 2.45) is 11.8 Å². The fourth-order valence-corrected chi connectivity index (χ4v) is 3.43. The summed E-state index contributed by atoms with van der Waals surface area (Å²) in [4.78, 5) is 12.7. The van der Waals surface area contributed by atoms with Crippen molar-refractivity contribution in [1.29, 1.82) is 0 Å². The van der Waals surface area contributed by atoms with E-state index in [1.54, 1.807) is 0 Å². The summed E-state index contributed by atoms with van der Waals surface area (Å²) in [5, 5.41) is 10.2. The van der Waals surface area contributed by atoms with Crippen LogP contribution in [0.2, 0.25) is 0 Å². The van der Waals surface area contributed by atoms with E-state index in [1.807, 2.05) is 24.4 Å². The largest absolute Gasteiger partial charge is 0.376 e. The van der Waals surface area contributed by atoms with Gasteiger partial charge in [-0.3, -0.25) is 9.89 Å². The average molecular weight is 341 g/mol. The Morgan fingerprint density at radius 1 is 1.40 bits per heavy atom. The first-order chi connectivity index (χ1) is 12.1. The van der Waals surface area contributed by atoms with Crippen molar-refractivity contribution >= 4 is 5.91 Å². The van der Waals surface area contributed by atoms with E-state index in [2.05, 4.69) is 41.5 Å². The van der Waals surface area contributed by atoms with Gasteiger partial charge in [0, 0.05) is 17.8 Å². The molecule has 0 fully saturated rings. The Kier molecular flexibility index (Phi) is 5.87. The maximum Gasteiger partial charge on any atom is 0.227 e. The summed E-state index contributed by atoms with van der Waals surface area (Å²) >= 11 is 0. The molecule has 0 saturated carbocycles. The highest BCUT2D eigenvalue weighted by atomic mass is 16.5. The number of carbonyl (C=O) groups excluding carboxylic acids is 1. The number of nitrogens with one attached hydrogen (secondary N) is 2. The van der Waals surface area contributed by atoms with Crippen molar-refractivity contribution in [3.05, 3.63) is 53.3 Å². The van der Waals surface area contributed by atoms with Gasteiger partial charge in [0.05, 0.1) is 25.3 Å². The third kappa shape index (κ3) is 4.48. The van der Waals surface area contributed by atoms with E-state index in [1.165, 1.54) is 5.56 Å². The first kappa shape index (κ1) is 17.7. The minimum Gasteiger partial charge on any atom is -0.376 e. The average Bonchev–Trinajstić information content (AvgIpc) is 3.09. The maximum atomic E-state index is 12.7. The zero-order valence-electron chi connectivity index (χ0n) is 15.0. The number of benzene rings is 1. The molecule has 0 spiro atoms. The molecule has 5 nitrogen and oxygen atoms in total. The number of nitrogens with zero attached hydrogens (tertiary/aromatic N) is 1. The fraction of sp³-hybridized carbons (Fsp3) is 0.500. The third-order valence-electron chi connectivity index (χ3n) is 4.93. The van der Waals surface area contributed by atoms with E-state index in [0.29, 0.717) is 25.7 Å². The lowest BCUT2D eigenvalue weighted by atomic mass is 9.78. The van der Waals surface area contributed by atoms with Gasteiger partial charge in [-0.05, 0) is 30.2 Å². The van der Waals surface area contributed by atoms with Crippen LogP contribution in [0.5, 0.6) is 0 Å². The molecule has 1 amide bonds. The molecule has 3 unspecified atom stereocenters. The Morgan fingerprint density at radius 2 is 2.20 bits per heavy atom. The molecule has 0 radical (unpaired) electrons. The predicted molar refractivity (Wildman–Crippen MR) is 97.1 cm³/mol. The summed E-state index contributed by atoms with van der Waals surface area (Å²) in [5.41, 5.74) is 3.34. The molecular formula is C20H27N3O2. The van der Waals surface area contributed by atoms with Crippen LogP contribution < -0.4 is 5.32 Å². The van der Waals surface area contributed by atoms with Gasteiger partial charge in [0.1, 0.15) is 0 Å². The number of aromatic nitrogens is 2. The van der Waals surface area contributed by atoms with E-state index < -0.39 is 0 Å². The molecule has 5 heteroatoms. The molecule has 0 saturated heterocycles. The van der Waals surface area contributed by atoms with Gasteiger partial charge < -0.3 is 10.1 Å². The minimum absolute atomic E-state index is 0.0973. The molecule has 3 atom stereocenters. The van der Waals surface area contributed by atoms with Crippen molar-refractivity contribution < 1.29 is 9.53 Å². The van der Waals surface area contributed by atoms with Crippen molar-refractivity contribution in [2.45, 2.75) is 39.2 Å². The van der Waals surface area contributed by atoms with E-state index >= 15 is 0 Å². The number of rotatable bonds is 7. The highest BCUT2D eigenvalue weighted by Crippen LogP contribution is 2.35. The molecule has 0 bridgehead atoms. The number of hydrogen-bond acceptors (Lipinski definition) is 3. The Bertz CT molecular complexity index is 683. The van der Waals surface area contributed by atoms with Gasteiger partial charge in [-0.2, -0.15) is 5.10 Å². The van der Waals surface area contributed by atoms with E-state index in [9.17, 15) is 4.79 Å². The van der Waals surface area contributed by atoms with Crippen LogP contribution in [0.3, 0.4) is 0 Å². The van der Waals surface area contributed by atoms with Gasteiger partial charge in [0.15, 0.2) is 0 Å². The first-order valence-electron chi connectivity index (χ1n) is 9.06. The minimum atomic E-state index is -0.0973. The number of hydrogen-bond donors (Lipinski definition) is 2. The summed E-state index contributed by atoms with van der Waals surface area (Å²) in [5.74, 6) is 0.620. The van der Waals surface area contributed by atoms with Crippen molar-refractivity contribution in [2.75, 3.05) is 13.2 Å². The summed E-state index contributed by atoms with van der Waals surface area (Å²) in [6.07, 6.45) is 3.80. The summed E-state index contributed by atoms with van der Waals surface area (Å²) in [6, 6.07) is 10.1. The summed E-state index contributed by atoms with van der Waals surface area (Å²) in [6.45, 7) is 6.11. The molecule has 2 N–H and O–H groups in total. The van der Waals surface area contributed by atoms with Gasteiger partial charge in [-0.25, -0.2) is 0 Å². The molecular weight excluding hydrogens is 314 g/mol. The Balaban J connectivity index is 1.44. The predicted octanol–water partition coefficient (Wildman–Crippen LogP) is 3.04. The fourth-order valence-electron chi connectivity index (χ4n) is 3.43. The Hall–Kier alpha value is -2.14. The second-order valence-electron chi connectivity index (χ2n) is 7.15. The molecule has 3 rings (SSSR count). The summed E-state index contributed by atoms with van der Waals surface area (Å²) < 4.78 is 5.76. The Morgan fingerprint density at radius 3 is 3.00 bits per heavy atom. The lowest BCUT2D eigenvalue weighted by Crippen LogP contribution is -2.37. The summed E-state index contributed by atoms with van der Waals surface area (Å²) in [7, 11) is 0. The van der Waals surface area contributed by atoms with Gasteiger partial charge in [-0.15, -0.1) is 0 Å². The van der Waals surface area contributed by atoms with Crippen LogP contribution in [0.15, 0.2) is 36.5 Å². The van der Waals surface area contributed by atoms with Gasteiger partial charge in [-0.1, -0.05) is 44.2 Å². The van der Waals surface area contributed by atoms with Crippen molar-refractivity contribution in [3.63, 3.8) is 0 Å². The van der Waals surface area contributed by atoms with Gasteiger partial charge in [0.2, 0.25) is 5.91 Å². The molecule has 2 aromatic rings. The lowest BCUT2D eigenvalue weighted by molar-refractivity contribution is -0.124. The third-order valence-corrected chi connectivity index (χ3v) is 4.93. The molecule has 1 aliphatic rings. The standard InChI is InChI=1S/C20H27N3O2/c1-14(12-25-13-16-6-4-3-5-7-16)10-21-20(24)19-15(2)8-9-18-17(19)11-22-23-18/h3-7,11,14-15,19H,8-10,12-13H2,1-2H3,(H,21,24)(H,22,23). The van der Waals surface area contributed by atoms with Crippen LogP contribution in [-0.4, -0.2) is 29.3 Å². The number of amides is 1. The molecule has 25 heavy (non-hydrogen) atoms. The normalized spacial score (nSPS) is 20.7. The van der Waals surface area contributed by atoms with Crippen molar-refractivity contribution in [3.8, 4) is 0 Å². The zero-order valence-corrected chi connectivity index (χ0v) is 15.0. The monoisotopic (exact) mass is 341 g/mol.